The average Bonchev–Trinajstić information content (AvgIpc) is 2.99. The summed E-state index contributed by atoms with van der Waals surface area (Å²) in [6.45, 7) is 0. The summed E-state index contributed by atoms with van der Waals surface area (Å²) in [7, 11) is -4.38. The van der Waals surface area contributed by atoms with Crippen LogP contribution in [0.25, 0.3) is 0 Å². The lowest BCUT2D eigenvalue weighted by molar-refractivity contribution is -0.149. The lowest BCUT2D eigenvalue weighted by Crippen LogP contribution is -2.52. The minimum absolute atomic E-state index is 0.270. The largest absolute Gasteiger partial charge is 0.419 e. The summed E-state index contributed by atoms with van der Waals surface area (Å²) in [4.78, 5) is 0.357. The van der Waals surface area contributed by atoms with Gasteiger partial charge in [-0.3, -0.25) is 0 Å². The fourth-order valence-corrected chi connectivity index (χ4v) is 5.04. The van der Waals surface area contributed by atoms with Crippen LogP contribution in [0.5, 0.6) is 0 Å². The van der Waals surface area contributed by atoms with E-state index in [2.05, 4.69) is 0 Å². The number of hydrogen-bond donors (Lipinski definition) is 1. The van der Waals surface area contributed by atoms with Crippen LogP contribution in [0, 0.1) is 23.1 Å². The van der Waals surface area contributed by atoms with Gasteiger partial charge in [-0.25, -0.2) is 21.6 Å². The monoisotopic (exact) mass is 440 g/mol. The fourth-order valence-electron chi connectivity index (χ4n) is 3.73. The molecular formula is C17H14F6N2O3S. The minimum atomic E-state index is -5.03. The van der Waals surface area contributed by atoms with Gasteiger partial charge in [-0.05, 0) is 24.6 Å². The Morgan fingerprint density at radius 2 is 1.97 bits per heavy atom. The number of nitrogens with zero attached hydrogens (tertiary/aromatic N) is 2. The number of anilines is 1. The first-order chi connectivity index (χ1) is 13.3. The third-order valence-electron chi connectivity index (χ3n) is 5.08. The van der Waals surface area contributed by atoms with Crippen molar-refractivity contribution in [2.24, 2.45) is 5.92 Å². The van der Waals surface area contributed by atoms with Gasteiger partial charge in [0.15, 0.2) is 9.84 Å². The van der Waals surface area contributed by atoms with Crippen LogP contribution in [-0.2, 0) is 16.0 Å². The number of nitriles is 1. The molecule has 0 bridgehead atoms. The molecule has 0 radical (unpaired) electrons. The van der Waals surface area contributed by atoms with Crippen molar-refractivity contribution in [3.05, 3.63) is 40.7 Å². The smallest absolute Gasteiger partial charge is 0.386 e. The van der Waals surface area contributed by atoms with Crippen molar-refractivity contribution in [2.75, 3.05) is 10.7 Å². The highest BCUT2D eigenvalue weighted by Crippen LogP contribution is 2.49. The van der Waals surface area contributed by atoms with Gasteiger partial charge in [0.2, 0.25) is 0 Å². The first-order valence-electron chi connectivity index (χ1n) is 8.32. The van der Waals surface area contributed by atoms with Gasteiger partial charge in [-0.1, -0.05) is 0 Å². The van der Waals surface area contributed by atoms with Gasteiger partial charge in [0, 0.05) is 30.3 Å². The molecule has 158 valence electrons. The van der Waals surface area contributed by atoms with Crippen molar-refractivity contribution in [3.8, 4) is 6.07 Å². The summed E-state index contributed by atoms with van der Waals surface area (Å²) in [5, 5.41) is 18.8. The molecule has 1 aliphatic carbocycles. The lowest BCUT2D eigenvalue weighted by atomic mass is 9.80. The predicted molar refractivity (Wildman–Crippen MR) is 88.8 cm³/mol. The highest BCUT2D eigenvalue weighted by atomic mass is 32.2. The summed E-state index contributed by atoms with van der Waals surface area (Å²) in [5.41, 5.74) is -1.87. The summed E-state index contributed by atoms with van der Waals surface area (Å²) < 4.78 is 106. The Balaban J connectivity index is 2.14. The first kappa shape index (κ1) is 21.4. The van der Waals surface area contributed by atoms with Gasteiger partial charge in [0.05, 0.1) is 16.5 Å². The van der Waals surface area contributed by atoms with Gasteiger partial charge in [0.25, 0.3) is 5.92 Å². The van der Waals surface area contributed by atoms with E-state index < -0.39 is 68.5 Å². The third kappa shape index (κ3) is 3.69. The van der Waals surface area contributed by atoms with Gasteiger partial charge in [-0.2, -0.15) is 18.4 Å². The van der Waals surface area contributed by atoms with Crippen molar-refractivity contribution in [1.29, 1.82) is 5.26 Å². The van der Waals surface area contributed by atoms with Gasteiger partial charge < -0.3 is 10.0 Å². The second kappa shape index (κ2) is 6.91. The molecule has 3 rings (SSSR count). The maximum absolute atomic E-state index is 14.0. The lowest BCUT2D eigenvalue weighted by Gasteiger charge is -2.40. The van der Waals surface area contributed by atoms with E-state index in [9.17, 15) is 39.9 Å². The van der Waals surface area contributed by atoms with Crippen LogP contribution in [0.1, 0.15) is 18.4 Å². The molecule has 1 saturated carbocycles. The van der Waals surface area contributed by atoms with Crippen LogP contribution < -0.4 is 4.90 Å². The Morgan fingerprint density at radius 3 is 2.55 bits per heavy atom. The first-order valence-corrected chi connectivity index (χ1v) is 9.97. The van der Waals surface area contributed by atoms with Gasteiger partial charge in [0.1, 0.15) is 17.7 Å². The summed E-state index contributed by atoms with van der Waals surface area (Å²) in [6.07, 6.45) is -7.75. The van der Waals surface area contributed by atoms with Crippen molar-refractivity contribution >= 4 is 15.5 Å². The van der Waals surface area contributed by atoms with Crippen molar-refractivity contribution in [2.45, 2.75) is 37.1 Å². The number of aliphatic hydroxyl groups excluding tert-OH is 1. The van der Waals surface area contributed by atoms with Gasteiger partial charge in [-0.15, -0.1) is 0 Å². The molecule has 12 heteroatoms. The maximum Gasteiger partial charge on any atom is 0.419 e. The van der Waals surface area contributed by atoms with Gasteiger partial charge >= 0.3 is 6.18 Å². The molecular weight excluding hydrogens is 426 g/mol. The van der Waals surface area contributed by atoms with Crippen LogP contribution in [0.3, 0.4) is 0 Å². The highest BCUT2D eigenvalue weighted by molar-refractivity contribution is 7.95. The SMILES string of the molecule is N#CCS(=O)(=O)C1=CN(c2ccc(F)c(C(F)(F)F)c2)C2CCC(F)(F)[C@@H](O)C12. The highest BCUT2D eigenvalue weighted by Gasteiger charge is 2.57. The van der Waals surface area contributed by atoms with E-state index in [-0.39, 0.29) is 12.1 Å². The molecule has 1 aromatic rings. The van der Waals surface area contributed by atoms with Crippen molar-refractivity contribution in [3.63, 3.8) is 0 Å². The number of aliphatic hydroxyl groups is 1. The van der Waals surface area contributed by atoms with E-state index in [1.54, 1.807) is 0 Å². The molecule has 3 atom stereocenters. The quantitative estimate of drug-likeness (QED) is 0.730. The van der Waals surface area contributed by atoms with E-state index in [0.29, 0.717) is 12.1 Å². The van der Waals surface area contributed by atoms with Crippen molar-refractivity contribution < 1.29 is 39.9 Å². The molecule has 5 nitrogen and oxygen atoms in total. The molecule has 1 aromatic carbocycles. The number of rotatable bonds is 3. The summed E-state index contributed by atoms with van der Waals surface area (Å²) >= 11 is 0. The summed E-state index contributed by atoms with van der Waals surface area (Å²) in [5.74, 6) is -7.85. The standard InChI is InChI=1S/C17H14F6N2O3S/c18-11-2-1-9(7-10(11)17(21,22)23)25-8-13(29(27,28)6-5-24)14-12(25)3-4-16(19,20)15(14)26/h1-2,7-8,12,14-15,26H,3-4,6H2/t12?,14?,15-/m0/s1. The van der Waals surface area contributed by atoms with Crippen LogP contribution in [0.15, 0.2) is 29.3 Å². The molecule has 1 heterocycles. The molecule has 1 aliphatic heterocycles. The van der Waals surface area contributed by atoms with Crippen LogP contribution in [0.4, 0.5) is 32.0 Å². The van der Waals surface area contributed by atoms with E-state index in [4.69, 9.17) is 5.26 Å². The number of halogens is 6. The number of alkyl halides is 5. The molecule has 2 aliphatic rings. The molecule has 1 N–H and O–H groups in total. The topological polar surface area (TPSA) is 81.4 Å². The van der Waals surface area contributed by atoms with Crippen LogP contribution >= 0.6 is 0 Å². The zero-order chi connectivity index (χ0) is 21.8. The Labute approximate surface area is 161 Å². The zero-order valence-corrected chi connectivity index (χ0v) is 15.3. The Bertz CT molecular complexity index is 999. The van der Waals surface area contributed by atoms with E-state index in [1.807, 2.05) is 0 Å². The number of sulfone groups is 1. The minimum Gasteiger partial charge on any atom is -0.386 e. The molecule has 2 unspecified atom stereocenters. The normalized spacial score (nSPS) is 26.6. The molecule has 0 spiro atoms. The molecule has 1 fully saturated rings. The number of fused-ring (bicyclic) bond motifs is 1. The van der Waals surface area contributed by atoms with Crippen LogP contribution in [0.2, 0.25) is 0 Å². The van der Waals surface area contributed by atoms with E-state index in [1.165, 1.54) is 6.07 Å². The number of hydrogen-bond acceptors (Lipinski definition) is 5. The molecule has 29 heavy (non-hydrogen) atoms. The summed E-state index contributed by atoms with van der Waals surface area (Å²) in [6, 6.07) is 2.23. The van der Waals surface area contributed by atoms with E-state index >= 15 is 0 Å². The molecule has 0 amide bonds. The predicted octanol–water partition coefficient (Wildman–Crippen LogP) is 3.22. The van der Waals surface area contributed by atoms with Crippen molar-refractivity contribution in [1.82, 2.24) is 0 Å². The Kier molecular flexibility index (Phi) is 5.11. The third-order valence-corrected chi connectivity index (χ3v) is 6.69. The molecule has 0 saturated heterocycles. The van der Waals surface area contributed by atoms with Crippen LogP contribution in [-0.4, -0.2) is 37.3 Å². The Morgan fingerprint density at radius 1 is 1.31 bits per heavy atom. The average molecular weight is 440 g/mol. The Hall–Kier alpha value is -2.26. The number of benzene rings is 1. The zero-order valence-electron chi connectivity index (χ0n) is 14.5. The maximum atomic E-state index is 14.0. The second-order valence-electron chi connectivity index (χ2n) is 6.86. The van der Waals surface area contributed by atoms with E-state index in [0.717, 1.165) is 17.2 Å². The fraction of sp³-hybridized carbons (Fsp3) is 0.471. The molecule has 0 aromatic heterocycles. The second-order valence-corrected chi connectivity index (χ2v) is 8.85.